The standard InChI is InChI=1S/C11H12O4/c1-3-14-8-5-6-9(11(12)13)10(7-8)15-4-2/h3,5-7H,1,4H2,2H3,(H,12,13). The maximum absolute atomic E-state index is 10.8. The van der Waals surface area contributed by atoms with Crippen LogP contribution in [0, 0.1) is 0 Å². The van der Waals surface area contributed by atoms with E-state index in [2.05, 4.69) is 6.58 Å². The highest BCUT2D eigenvalue weighted by Crippen LogP contribution is 2.25. The predicted octanol–water partition coefficient (Wildman–Crippen LogP) is 2.31. The monoisotopic (exact) mass is 208 g/mol. The maximum atomic E-state index is 10.8. The molecule has 1 aromatic carbocycles. The average molecular weight is 208 g/mol. The van der Waals surface area contributed by atoms with Crippen molar-refractivity contribution < 1.29 is 19.4 Å². The molecule has 0 aliphatic carbocycles. The zero-order valence-corrected chi connectivity index (χ0v) is 8.40. The average Bonchev–Trinajstić information content (AvgIpc) is 2.18. The van der Waals surface area contributed by atoms with E-state index < -0.39 is 5.97 Å². The number of benzene rings is 1. The van der Waals surface area contributed by atoms with Gasteiger partial charge in [0.15, 0.2) is 0 Å². The number of aromatic carboxylic acids is 1. The Morgan fingerprint density at radius 1 is 1.60 bits per heavy atom. The first-order valence-corrected chi connectivity index (χ1v) is 4.46. The number of hydrogen-bond acceptors (Lipinski definition) is 3. The minimum Gasteiger partial charge on any atom is -0.493 e. The first-order valence-electron chi connectivity index (χ1n) is 4.46. The van der Waals surface area contributed by atoms with Crippen LogP contribution in [-0.4, -0.2) is 17.7 Å². The lowest BCUT2D eigenvalue weighted by atomic mass is 10.2. The van der Waals surface area contributed by atoms with E-state index in [0.717, 1.165) is 0 Å². The molecule has 0 aromatic heterocycles. The smallest absolute Gasteiger partial charge is 0.339 e. The van der Waals surface area contributed by atoms with Gasteiger partial charge in [-0.3, -0.25) is 0 Å². The van der Waals surface area contributed by atoms with Crippen LogP contribution in [0.3, 0.4) is 0 Å². The van der Waals surface area contributed by atoms with Crippen molar-refractivity contribution >= 4 is 5.97 Å². The van der Waals surface area contributed by atoms with Crippen molar-refractivity contribution in [3.05, 3.63) is 36.6 Å². The predicted molar refractivity (Wildman–Crippen MR) is 55.4 cm³/mol. The molecule has 0 amide bonds. The van der Waals surface area contributed by atoms with Crippen molar-refractivity contribution in [2.75, 3.05) is 6.61 Å². The van der Waals surface area contributed by atoms with E-state index >= 15 is 0 Å². The number of carbonyl (C=O) groups is 1. The molecule has 0 bridgehead atoms. The maximum Gasteiger partial charge on any atom is 0.339 e. The first kappa shape index (κ1) is 11.1. The van der Waals surface area contributed by atoms with Gasteiger partial charge in [0.25, 0.3) is 0 Å². The van der Waals surface area contributed by atoms with Crippen LogP contribution in [0.25, 0.3) is 0 Å². The lowest BCUT2D eigenvalue weighted by Gasteiger charge is -2.08. The molecule has 0 aliphatic rings. The second kappa shape index (κ2) is 5.05. The topological polar surface area (TPSA) is 55.8 Å². The Kier molecular flexibility index (Phi) is 3.74. The van der Waals surface area contributed by atoms with E-state index in [1.165, 1.54) is 18.4 Å². The van der Waals surface area contributed by atoms with E-state index in [1.54, 1.807) is 13.0 Å². The van der Waals surface area contributed by atoms with E-state index in [-0.39, 0.29) is 5.56 Å². The zero-order chi connectivity index (χ0) is 11.3. The van der Waals surface area contributed by atoms with Crippen molar-refractivity contribution in [3.8, 4) is 11.5 Å². The van der Waals surface area contributed by atoms with Gasteiger partial charge in [-0.1, -0.05) is 6.58 Å². The number of carboxylic acid groups (broad SMARTS) is 1. The van der Waals surface area contributed by atoms with Crippen LogP contribution in [0.4, 0.5) is 0 Å². The largest absolute Gasteiger partial charge is 0.493 e. The number of carboxylic acids is 1. The van der Waals surface area contributed by atoms with Crippen molar-refractivity contribution in [2.45, 2.75) is 6.92 Å². The highest BCUT2D eigenvalue weighted by atomic mass is 16.5. The van der Waals surface area contributed by atoms with E-state index in [0.29, 0.717) is 18.1 Å². The summed E-state index contributed by atoms with van der Waals surface area (Å²) >= 11 is 0. The SMILES string of the molecule is C=COc1ccc(C(=O)O)c(OCC)c1. The van der Waals surface area contributed by atoms with Gasteiger partial charge in [0.1, 0.15) is 17.1 Å². The Labute approximate surface area is 87.7 Å². The number of hydrogen-bond donors (Lipinski definition) is 1. The zero-order valence-electron chi connectivity index (χ0n) is 8.40. The molecule has 80 valence electrons. The Morgan fingerprint density at radius 2 is 2.33 bits per heavy atom. The molecule has 0 saturated carbocycles. The van der Waals surface area contributed by atoms with Crippen LogP contribution in [0.2, 0.25) is 0 Å². The van der Waals surface area contributed by atoms with Crippen molar-refractivity contribution in [2.24, 2.45) is 0 Å². The van der Waals surface area contributed by atoms with Crippen LogP contribution in [0.15, 0.2) is 31.0 Å². The fraction of sp³-hybridized carbons (Fsp3) is 0.182. The van der Waals surface area contributed by atoms with Gasteiger partial charge >= 0.3 is 5.97 Å². The Balaban J connectivity index is 3.08. The fourth-order valence-corrected chi connectivity index (χ4v) is 1.12. The van der Waals surface area contributed by atoms with Gasteiger partial charge in [0, 0.05) is 6.07 Å². The summed E-state index contributed by atoms with van der Waals surface area (Å²) in [6, 6.07) is 4.51. The summed E-state index contributed by atoms with van der Waals surface area (Å²) < 4.78 is 10.2. The fourth-order valence-electron chi connectivity index (χ4n) is 1.12. The van der Waals surface area contributed by atoms with E-state index in [4.69, 9.17) is 14.6 Å². The molecule has 0 atom stereocenters. The summed E-state index contributed by atoms with van der Waals surface area (Å²) in [4.78, 5) is 10.8. The summed E-state index contributed by atoms with van der Waals surface area (Å²) in [6.07, 6.45) is 1.27. The minimum atomic E-state index is -1.02. The third kappa shape index (κ3) is 2.74. The molecular formula is C11H12O4. The molecule has 0 aliphatic heterocycles. The second-order valence-corrected chi connectivity index (χ2v) is 2.68. The molecule has 0 spiro atoms. The van der Waals surface area contributed by atoms with E-state index in [1.807, 2.05) is 0 Å². The van der Waals surface area contributed by atoms with Crippen LogP contribution >= 0.6 is 0 Å². The van der Waals surface area contributed by atoms with Gasteiger partial charge in [-0.05, 0) is 19.1 Å². The normalized spacial score (nSPS) is 9.40. The Bertz CT molecular complexity index is 371. The molecule has 0 saturated heterocycles. The highest BCUT2D eigenvalue weighted by molar-refractivity contribution is 5.91. The Hall–Kier alpha value is -1.97. The second-order valence-electron chi connectivity index (χ2n) is 2.68. The summed E-state index contributed by atoms with van der Waals surface area (Å²) in [6.45, 7) is 5.59. The van der Waals surface area contributed by atoms with Crippen molar-refractivity contribution in [3.63, 3.8) is 0 Å². The van der Waals surface area contributed by atoms with E-state index in [9.17, 15) is 4.79 Å². The third-order valence-electron chi connectivity index (χ3n) is 1.70. The minimum absolute atomic E-state index is 0.119. The van der Waals surface area contributed by atoms with Crippen LogP contribution in [-0.2, 0) is 0 Å². The summed E-state index contributed by atoms with van der Waals surface area (Å²) in [5.74, 6) is -0.230. The van der Waals surface area contributed by atoms with Gasteiger partial charge < -0.3 is 14.6 Å². The molecular weight excluding hydrogens is 196 g/mol. The van der Waals surface area contributed by atoms with Crippen molar-refractivity contribution in [1.29, 1.82) is 0 Å². The molecule has 0 heterocycles. The van der Waals surface area contributed by atoms with Crippen LogP contribution in [0.5, 0.6) is 11.5 Å². The summed E-state index contributed by atoms with van der Waals surface area (Å²) in [7, 11) is 0. The molecule has 1 aromatic rings. The molecule has 0 radical (unpaired) electrons. The summed E-state index contributed by atoms with van der Waals surface area (Å²) in [5.41, 5.74) is 0.119. The van der Waals surface area contributed by atoms with Crippen molar-refractivity contribution in [1.82, 2.24) is 0 Å². The van der Waals surface area contributed by atoms with Crippen LogP contribution in [0.1, 0.15) is 17.3 Å². The molecule has 15 heavy (non-hydrogen) atoms. The van der Waals surface area contributed by atoms with Gasteiger partial charge in [-0.15, -0.1) is 0 Å². The quantitative estimate of drug-likeness (QED) is 0.754. The van der Waals surface area contributed by atoms with Gasteiger partial charge in [-0.25, -0.2) is 4.79 Å². The molecule has 1 N–H and O–H groups in total. The molecule has 0 unspecified atom stereocenters. The highest BCUT2D eigenvalue weighted by Gasteiger charge is 2.11. The van der Waals surface area contributed by atoms with Gasteiger partial charge in [0.05, 0.1) is 12.9 Å². The van der Waals surface area contributed by atoms with Crippen LogP contribution < -0.4 is 9.47 Å². The number of rotatable bonds is 5. The molecule has 0 fully saturated rings. The third-order valence-corrected chi connectivity index (χ3v) is 1.70. The Morgan fingerprint density at radius 3 is 2.87 bits per heavy atom. The lowest BCUT2D eigenvalue weighted by molar-refractivity contribution is 0.0692. The molecule has 1 rings (SSSR count). The molecule has 4 nitrogen and oxygen atoms in total. The first-order chi connectivity index (χ1) is 7.19. The number of ether oxygens (including phenoxy) is 2. The summed E-state index contributed by atoms with van der Waals surface area (Å²) in [5, 5.41) is 8.87. The lowest BCUT2D eigenvalue weighted by Crippen LogP contribution is -2.02. The van der Waals surface area contributed by atoms with Gasteiger partial charge in [0.2, 0.25) is 0 Å². The molecule has 4 heteroatoms. The van der Waals surface area contributed by atoms with Gasteiger partial charge in [-0.2, -0.15) is 0 Å².